The van der Waals surface area contributed by atoms with Gasteiger partial charge in [0.05, 0.1) is 0 Å². The Hall–Kier alpha value is -2.42. The second-order valence-corrected chi connectivity index (χ2v) is 5.26. The van der Waals surface area contributed by atoms with E-state index in [9.17, 15) is 10.2 Å². The van der Waals surface area contributed by atoms with Crippen LogP contribution in [0.3, 0.4) is 0 Å². The molecule has 2 heteroatoms. The molecular formula is C20H18O2. The Morgan fingerprint density at radius 1 is 0.455 bits per heavy atom. The lowest BCUT2D eigenvalue weighted by Gasteiger charge is -2.20. The quantitative estimate of drug-likeness (QED) is 0.766. The van der Waals surface area contributed by atoms with Crippen molar-refractivity contribution in [3.05, 3.63) is 107 Å². The van der Waals surface area contributed by atoms with Crippen LogP contribution in [0.4, 0.5) is 0 Å². The molecule has 0 heterocycles. The summed E-state index contributed by atoms with van der Waals surface area (Å²) in [5.74, 6) is 0. The summed E-state index contributed by atoms with van der Waals surface area (Å²) in [5, 5.41) is 21.3. The summed E-state index contributed by atoms with van der Waals surface area (Å²) in [4.78, 5) is 0. The van der Waals surface area contributed by atoms with E-state index >= 15 is 0 Å². The molecule has 0 saturated carbocycles. The molecule has 0 bridgehead atoms. The normalized spacial score (nSPS) is 13.5. The molecule has 22 heavy (non-hydrogen) atoms. The van der Waals surface area contributed by atoms with Gasteiger partial charge in [0.25, 0.3) is 0 Å². The molecule has 0 fully saturated rings. The van der Waals surface area contributed by atoms with E-state index in [1.165, 1.54) is 0 Å². The standard InChI is InChI=1S/C20H18O2/c21-19(15-9-3-1-4-10-15)17-13-7-8-14-18(17)20(22)16-11-5-2-6-12-16/h1-14,19-22H/t19-,20-/m0/s1. The van der Waals surface area contributed by atoms with Gasteiger partial charge in [-0.1, -0.05) is 84.9 Å². The van der Waals surface area contributed by atoms with Crippen LogP contribution in [-0.4, -0.2) is 10.2 Å². The van der Waals surface area contributed by atoms with E-state index in [0.29, 0.717) is 0 Å². The largest absolute Gasteiger partial charge is 0.384 e. The van der Waals surface area contributed by atoms with Gasteiger partial charge in [-0.15, -0.1) is 0 Å². The molecule has 0 aliphatic rings. The Bertz CT molecular complexity index is 658. The maximum absolute atomic E-state index is 10.7. The van der Waals surface area contributed by atoms with Crippen molar-refractivity contribution >= 4 is 0 Å². The van der Waals surface area contributed by atoms with Gasteiger partial charge in [0.2, 0.25) is 0 Å². The third kappa shape index (κ3) is 2.93. The lowest BCUT2D eigenvalue weighted by molar-refractivity contribution is 0.197. The average molecular weight is 290 g/mol. The molecule has 3 rings (SSSR count). The van der Waals surface area contributed by atoms with Crippen LogP contribution in [0.1, 0.15) is 34.5 Å². The second-order valence-electron chi connectivity index (χ2n) is 5.26. The highest BCUT2D eigenvalue weighted by atomic mass is 16.3. The van der Waals surface area contributed by atoms with Crippen LogP contribution in [0.25, 0.3) is 0 Å². The van der Waals surface area contributed by atoms with E-state index in [0.717, 1.165) is 22.3 Å². The number of aliphatic hydroxyl groups excluding tert-OH is 2. The maximum Gasteiger partial charge on any atom is 0.104 e. The van der Waals surface area contributed by atoms with Gasteiger partial charge in [-0.05, 0) is 22.3 Å². The molecule has 0 aliphatic heterocycles. The molecular weight excluding hydrogens is 272 g/mol. The fourth-order valence-electron chi connectivity index (χ4n) is 2.64. The number of rotatable bonds is 4. The number of benzene rings is 3. The molecule has 0 radical (unpaired) electrons. The molecule has 0 unspecified atom stereocenters. The first-order chi connectivity index (χ1) is 10.8. The van der Waals surface area contributed by atoms with Crippen LogP contribution in [0.15, 0.2) is 84.9 Å². The lowest BCUT2D eigenvalue weighted by atomic mass is 9.91. The molecule has 0 aliphatic carbocycles. The predicted molar refractivity (Wildman–Crippen MR) is 87.4 cm³/mol. The van der Waals surface area contributed by atoms with E-state index in [1.54, 1.807) is 0 Å². The molecule has 3 aromatic rings. The summed E-state index contributed by atoms with van der Waals surface area (Å²) in [7, 11) is 0. The van der Waals surface area contributed by atoms with Gasteiger partial charge in [-0.3, -0.25) is 0 Å². The van der Waals surface area contributed by atoms with Gasteiger partial charge in [-0.2, -0.15) is 0 Å². The average Bonchev–Trinajstić information content (AvgIpc) is 2.62. The van der Waals surface area contributed by atoms with Crippen LogP contribution < -0.4 is 0 Å². The Kier molecular flexibility index (Phi) is 4.33. The lowest BCUT2D eigenvalue weighted by Crippen LogP contribution is -2.08. The molecule has 0 spiro atoms. The summed E-state index contributed by atoms with van der Waals surface area (Å²) in [6.07, 6.45) is -1.51. The molecule has 2 nitrogen and oxygen atoms in total. The van der Waals surface area contributed by atoms with E-state index in [2.05, 4.69) is 0 Å². The van der Waals surface area contributed by atoms with Crippen molar-refractivity contribution < 1.29 is 10.2 Å². The smallest absolute Gasteiger partial charge is 0.104 e. The number of aliphatic hydroxyl groups is 2. The fourth-order valence-corrected chi connectivity index (χ4v) is 2.64. The molecule has 0 amide bonds. The van der Waals surface area contributed by atoms with E-state index in [-0.39, 0.29) is 0 Å². The number of hydrogen-bond acceptors (Lipinski definition) is 2. The topological polar surface area (TPSA) is 40.5 Å². The minimum Gasteiger partial charge on any atom is -0.384 e. The summed E-state index contributed by atoms with van der Waals surface area (Å²) in [5.41, 5.74) is 3.08. The van der Waals surface area contributed by atoms with E-state index in [1.807, 2.05) is 84.9 Å². The van der Waals surface area contributed by atoms with Crippen LogP contribution in [-0.2, 0) is 0 Å². The first-order valence-electron chi connectivity index (χ1n) is 7.32. The Labute approximate surface area is 130 Å². The molecule has 0 aromatic heterocycles. The van der Waals surface area contributed by atoms with Crippen molar-refractivity contribution in [2.75, 3.05) is 0 Å². The van der Waals surface area contributed by atoms with Crippen LogP contribution >= 0.6 is 0 Å². The summed E-state index contributed by atoms with van der Waals surface area (Å²) in [6.45, 7) is 0. The summed E-state index contributed by atoms with van der Waals surface area (Å²) in [6, 6.07) is 26.4. The van der Waals surface area contributed by atoms with Gasteiger partial charge < -0.3 is 10.2 Å². The van der Waals surface area contributed by atoms with Crippen LogP contribution in [0.5, 0.6) is 0 Å². The summed E-state index contributed by atoms with van der Waals surface area (Å²) < 4.78 is 0. The monoisotopic (exact) mass is 290 g/mol. The zero-order valence-corrected chi connectivity index (χ0v) is 12.1. The first kappa shape index (κ1) is 14.5. The van der Waals surface area contributed by atoms with Crippen LogP contribution in [0, 0.1) is 0 Å². The van der Waals surface area contributed by atoms with Crippen molar-refractivity contribution in [3.63, 3.8) is 0 Å². The van der Waals surface area contributed by atoms with Gasteiger partial charge in [0.15, 0.2) is 0 Å². The molecule has 2 N–H and O–H groups in total. The molecule has 0 saturated heterocycles. The number of hydrogen-bond donors (Lipinski definition) is 2. The van der Waals surface area contributed by atoms with Crippen molar-refractivity contribution in [1.82, 2.24) is 0 Å². The van der Waals surface area contributed by atoms with Gasteiger partial charge in [0.1, 0.15) is 12.2 Å². The van der Waals surface area contributed by atoms with Gasteiger partial charge in [0, 0.05) is 0 Å². The maximum atomic E-state index is 10.7. The molecule has 3 aromatic carbocycles. The zero-order chi connectivity index (χ0) is 15.4. The predicted octanol–water partition coefficient (Wildman–Crippen LogP) is 3.85. The SMILES string of the molecule is O[C@@H](c1ccccc1)c1ccccc1[C@@H](O)c1ccccc1. The minimum atomic E-state index is -0.754. The molecule has 110 valence electrons. The highest BCUT2D eigenvalue weighted by Gasteiger charge is 2.19. The summed E-state index contributed by atoms with van der Waals surface area (Å²) >= 11 is 0. The Morgan fingerprint density at radius 3 is 1.14 bits per heavy atom. The van der Waals surface area contributed by atoms with Crippen molar-refractivity contribution in [1.29, 1.82) is 0 Å². The molecule has 2 atom stereocenters. The first-order valence-corrected chi connectivity index (χ1v) is 7.32. The fraction of sp³-hybridized carbons (Fsp3) is 0.100. The highest BCUT2D eigenvalue weighted by molar-refractivity contribution is 5.40. The highest BCUT2D eigenvalue weighted by Crippen LogP contribution is 2.31. The Balaban J connectivity index is 2.00. The van der Waals surface area contributed by atoms with Crippen molar-refractivity contribution in [3.8, 4) is 0 Å². The van der Waals surface area contributed by atoms with Crippen molar-refractivity contribution in [2.45, 2.75) is 12.2 Å². The van der Waals surface area contributed by atoms with Crippen LogP contribution in [0.2, 0.25) is 0 Å². The third-order valence-electron chi connectivity index (χ3n) is 3.82. The second kappa shape index (κ2) is 6.56. The van der Waals surface area contributed by atoms with Gasteiger partial charge >= 0.3 is 0 Å². The van der Waals surface area contributed by atoms with E-state index < -0.39 is 12.2 Å². The minimum absolute atomic E-state index is 0.727. The zero-order valence-electron chi connectivity index (χ0n) is 12.1. The Morgan fingerprint density at radius 2 is 0.773 bits per heavy atom. The van der Waals surface area contributed by atoms with Gasteiger partial charge in [-0.25, -0.2) is 0 Å². The third-order valence-corrected chi connectivity index (χ3v) is 3.82. The van der Waals surface area contributed by atoms with E-state index in [4.69, 9.17) is 0 Å². The van der Waals surface area contributed by atoms with Crippen molar-refractivity contribution in [2.24, 2.45) is 0 Å².